The van der Waals surface area contributed by atoms with Gasteiger partial charge in [-0.2, -0.15) is 0 Å². The third kappa shape index (κ3) is 0.866. The number of hydrogen-bond acceptors (Lipinski definition) is 2. The summed E-state index contributed by atoms with van der Waals surface area (Å²) in [7, 11) is 1.75. The third-order valence-electron chi connectivity index (χ3n) is 1.86. The molecule has 3 heteroatoms. The van der Waals surface area contributed by atoms with Crippen LogP contribution in [0.15, 0.2) is 0 Å². The summed E-state index contributed by atoms with van der Waals surface area (Å²) in [5.74, 6) is 0. The van der Waals surface area contributed by atoms with E-state index in [-0.39, 0.29) is 18.2 Å². The molecule has 3 nitrogen and oxygen atoms in total. The summed E-state index contributed by atoms with van der Waals surface area (Å²) in [5, 5.41) is 0. The maximum atomic E-state index is 10.7. The van der Waals surface area contributed by atoms with E-state index in [4.69, 9.17) is 4.74 Å². The molecule has 0 aromatic carbocycles. The molecule has 2 atom stereocenters. The number of cyclic esters (lactones) is 1. The Hall–Kier alpha value is -0.730. The van der Waals surface area contributed by atoms with Gasteiger partial charge in [-0.1, -0.05) is 0 Å². The Balaban J connectivity index is 2.65. The van der Waals surface area contributed by atoms with Crippen LogP contribution >= 0.6 is 0 Å². The van der Waals surface area contributed by atoms with Gasteiger partial charge in [-0.05, 0) is 13.8 Å². The molecule has 1 fully saturated rings. The van der Waals surface area contributed by atoms with E-state index in [1.807, 2.05) is 13.8 Å². The summed E-state index contributed by atoms with van der Waals surface area (Å²) in [6.45, 7) is 3.86. The van der Waals surface area contributed by atoms with E-state index in [0.717, 1.165) is 0 Å². The second-order valence-corrected chi connectivity index (χ2v) is 2.44. The minimum absolute atomic E-state index is 0.0440. The SMILES string of the molecule is C[C@H]1OC(=O)N(C)[C@H]1C. The van der Waals surface area contributed by atoms with Gasteiger partial charge < -0.3 is 9.64 Å². The molecule has 9 heavy (non-hydrogen) atoms. The van der Waals surface area contributed by atoms with Crippen LogP contribution in [0.1, 0.15) is 13.8 Å². The van der Waals surface area contributed by atoms with Gasteiger partial charge in [0.2, 0.25) is 0 Å². The average Bonchev–Trinajstić information content (AvgIpc) is 1.98. The van der Waals surface area contributed by atoms with Crippen molar-refractivity contribution in [2.24, 2.45) is 0 Å². The Morgan fingerprint density at radius 1 is 1.56 bits per heavy atom. The molecule has 0 radical (unpaired) electrons. The zero-order valence-corrected chi connectivity index (χ0v) is 5.92. The summed E-state index contributed by atoms with van der Waals surface area (Å²) < 4.78 is 4.87. The standard InChI is InChI=1S/C6H11NO2/c1-4-5(2)9-6(8)7(4)3/h4-5H,1-3H3/t4-,5+/m0/s1. The van der Waals surface area contributed by atoms with Gasteiger partial charge in [-0.3, -0.25) is 0 Å². The molecule has 1 rings (SSSR count). The fraction of sp³-hybridized carbons (Fsp3) is 0.833. The molecule has 1 heterocycles. The van der Waals surface area contributed by atoms with Crippen molar-refractivity contribution in [2.75, 3.05) is 7.05 Å². The normalized spacial score (nSPS) is 35.0. The molecule has 0 aliphatic carbocycles. The van der Waals surface area contributed by atoms with Crippen LogP contribution in [0.5, 0.6) is 0 Å². The highest BCUT2D eigenvalue weighted by atomic mass is 16.6. The molecule has 1 amide bonds. The first kappa shape index (κ1) is 6.39. The second kappa shape index (κ2) is 1.90. The monoisotopic (exact) mass is 129 g/mol. The van der Waals surface area contributed by atoms with Crippen LogP contribution < -0.4 is 0 Å². The molecule has 1 aliphatic heterocycles. The lowest BCUT2D eigenvalue weighted by atomic mass is 10.2. The minimum Gasteiger partial charge on any atom is -0.444 e. The van der Waals surface area contributed by atoms with Crippen LogP contribution in [0.4, 0.5) is 4.79 Å². The van der Waals surface area contributed by atoms with Crippen molar-refractivity contribution in [1.29, 1.82) is 0 Å². The molecule has 0 spiro atoms. The fourth-order valence-electron chi connectivity index (χ4n) is 0.822. The van der Waals surface area contributed by atoms with Crippen molar-refractivity contribution in [1.82, 2.24) is 4.90 Å². The van der Waals surface area contributed by atoms with Gasteiger partial charge in [0.05, 0.1) is 6.04 Å². The number of nitrogens with zero attached hydrogens (tertiary/aromatic N) is 1. The number of carbonyl (C=O) groups excluding carboxylic acids is 1. The third-order valence-corrected chi connectivity index (χ3v) is 1.86. The van der Waals surface area contributed by atoms with Gasteiger partial charge in [0.25, 0.3) is 0 Å². The summed E-state index contributed by atoms with van der Waals surface area (Å²) in [5.41, 5.74) is 0. The molecule has 0 unspecified atom stereocenters. The minimum atomic E-state index is -0.213. The molecular weight excluding hydrogens is 118 g/mol. The molecule has 0 bridgehead atoms. The van der Waals surface area contributed by atoms with Crippen molar-refractivity contribution >= 4 is 6.09 Å². The average molecular weight is 129 g/mol. The van der Waals surface area contributed by atoms with Crippen LogP contribution in [-0.2, 0) is 4.74 Å². The lowest BCUT2D eigenvalue weighted by Crippen LogP contribution is -2.28. The Labute approximate surface area is 54.6 Å². The highest BCUT2D eigenvalue weighted by Crippen LogP contribution is 2.15. The summed E-state index contributed by atoms with van der Waals surface area (Å²) >= 11 is 0. The predicted octanol–water partition coefficient (Wildman–Crippen LogP) is 0.845. The van der Waals surface area contributed by atoms with Gasteiger partial charge in [0.15, 0.2) is 0 Å². The molecule has 52 valence electrons. The van der Waals surface area contributed by atoms with E-state index in [0.29, 0.717) is 0 Å². The molecular formula is C6H11NO2. The maximum Gasteiger partial charge on any atom is 0.410 e. The first-order valence-corrected chi connectivity index (χ1v) is 3.06. The molecule has 0 N–H and O–H groups in total. The molecule has 0 aromatic heterocycles. The summed E-state index contributed by atoms with van der Waals surface area (Å²) in [6, 6.07) is 0.220. The largest absolute Gasteiger partial charge is 0.444 e. The van der Waals surface area contributed by atoms with Crippen molar-refractivity contribution in [3.8, 4) is 0 Å². The fourth-order valence-corrected chi connectivity index (χ4v) is 0.822. The van der Waals surface area contributed by atoms with Gasteiger partial charge in [-0.25, -0.2) is 4.79 Å². The quantitative estimate of drug-likeness (QED) is 0.485. The number of ether oxygens (including phenoxy) is 1. The molecule has 1 saturated heterocycles. The van der Waals surface area contributed by atoms with Crippen LogP contribution in [0.2, 0.25) is 0 Å². The predicted molar refractivity (Wildman–Crippen MR) is 33.2 cm³/mol. The molecule has 1 aliphatic rings. The Morgan fingerprint density at radius 2 is 2.11 bits per heavy atom. The number of likely N-dealkylation sites (N-methyl/N-ethyl adjacent to an activating group) is 1. The Kier molecular flexibility index (Phi) is 1.35. The van der Waals surface area contributed by atoms with E-state index in [9.17, 15) is 4.79 Å². The van der Waals surface area contributed by atoms with E-state index in [1.54, 1.807) is 11.9 Å². The Morgan fingerprint density at radius 3 is 2.22 bits per heavy atom. The zero-order valence-electron chi connectivity index (χ0n) is 5.92. The first-order valence-electron chi connectivity index (χ1n) is 3.06. The van der Waals surface area contributed by atoms with Crippen molar-refractivity contribution < 1.29 is 9.53 Å². The van der Waals surface area contributed by atoms with Crippen LogP contribution in [0.25, 0.3) is 0 Å². The number of hydrogen-bond donors (Lipinski definition) is 0. The number of carbonyl (C=O) groups is 1. The Bertz CT molecular complexity index is 135. The van der Waals surface area contributed by atoms with Crippen LogP contribution in [-0.4, -0.2) is 30.2 Å². The number of rotatable bonds is 0. The van der Waals surface area contributed by atoms with E-state index in [2.05, 4.69) is 0 Å². The number of amides is 1. The topological polar surface area (TPSA) is 29.5 Å². The van der Waals surface area contributed by atoms with Crippen LogP contribution in [0.3, 0.4) is 0 Å². The van der Waals surface area contributed by atoms with Gasteiger partial charge in [-0.15, -0.1) is 0 Å². The maximum absolute atomic E-state index is 10.7. The molecule has 0 aromatic rings. The lowest BCUT2D eigenvalue weighted by molar-refractivity contribution is 0.139. The van der Waals surface area contributed by atoms with E-state index in [1.165, 1.54) is 0 Å². The van der Waals surface area contributed by atoms with Gasteiger partial charge >= 0.3 is 6.09 Å². The van der Waals surface area contributed by atoms with Gasteiger partial charge in [0, 0.05) is 7.05 Å². The van der Waals surface area contributed by atoms with Crippen LogP contribution in [0, 0.1) is 0 Å². The first-order chi connectivity index (χ1) is 4.13. The van der Waals surface area contributed by atoms with Crippen molar-refractivity contribution in [3.63, 3.8) is 0 Å². The highest BCUT2D eigenvalue weighted by molar-refractivity contribution is 5.70. The summed E-state index contributed by atoms with van der Waals surface area (Å²) in [4.78, 5) is 12.3. The molecule has 0 saturated carbocycles. The highest BCUT2D eigenvalue weighted by Gasteiger charge is 2.32. The van der Waals surface area contributed by atoms with Crippen molar-refractivity contribution in [3.05, 3.63) is 0 Å². The van der Waals surface area contributed by atoms with E-state index >= 15 is 0 Å². The van der Waals surface area contributed by atoms with Gasteiger partial charge in [0.1, 0.15) is 6.10 Å². The smallest absolute Gasteiger partial charge is 0.410 e. The van der Waals surface area contributed by atoms with E-state index < -0.39 is 0 Å². The summed E-state index contributed by atoms with van der Waals surface area (Å²) in [6.07, 6.45) is -0.169. The van der Waals surface area contributed by atoms with Crippen molar-refractivity contribution in [2.45, 2.75) is 26.0 Å². The lowest BCUT2D eigenvalue weighted by Gasteiger charge is -2.11. The zero-order chi connectivity index (χ0) is 7.02. The second-order valence-electron chi connectivity index (χ2n) is 2.44.